The van der Waals surface area contributed by atoms with Crippen LogP contribution in [0, 0.1) is 17.4 Å². The van der Waals surface area contributed by atoms with Gasteiger partial charge in [0.15, 0.2) is 0 Å². The van der Waals surface area contributed by atoms with Crippen molar-refractivity contribution in [2.45, 2.75) is 0 Å². The van der Waals surface area contributed by atoms with E-state index in [1.54, 1.807) is 11.3 Å². The van der Waals surface area contributed by atoms with Crippen molar-refractivity contribution in [2.24, 2.45) is 0 Å². The molecule has 7 aromatic rings. The van der Waals surface area contributed by atoms with Gasteiger partial charge in [-0.1, -0.05) is 82.6 Å². The Morgan fingerprint density at radius 3 is 1.87 bits per heavy atom. The van der Waals surface area contributed by atoms with Gasteiger partial charge in [0.2, 0.25) is 8.38 Å². The van der Waals surface area contributed by atoms with Crippen LogP contribution in [0.25, 0.3) is 49.1 Å². The molecule has 0 bridgehead atoms. The van der Waals surface area contributed by atoms with Crippen LogP contribution < -0.4 is 73.8 Å². The Hall–Kier alpha value is -2.95. The number of benzene rings is 5. The van der Waals surface area contributed by atoms with E-state index < -0.39 is 8.38 Å². The molecule has 0 saturated heterocycles. The fourth-order valence-corrected chi connectivity index (χ4v) is 7.20. The van der Waals surface area contributed by atoms with Gasteiger partial charge in [-0.25, -0.2) is 11.3 Å². The predicted octanol–water partition coefficient (Wildman–Crippen LogP) is 7.19. The van der Waals surface area contributed by atoms with Gasteiger partial charge >= 0.3 is 68.9 Å². The van der Waals surface area contributed by atoms with E-state index >= 15 is 0 Å². The van der Waals surface area contributed by atoms with Gasteiger partial charge in [0.25, 0.3) is 0 Å². The van der Waals surface area contributed by atoms with Crippen molar-refractivity contribution in [2.75, 3.05) is 4.90 Å². The van der Waals surface area contributed by atoms with Crippen LogP contribution in [0.4, 0.5) is 17.1 Å². The molecule has 0 radical (unpaired) electrons. The molecule has 2 N–H and O–H groups in total. The van der Waals surface area contributed by atoms with Crippen molar-refractivity contribution >= 4 is 65.6 Å². The molecule has 0 amide bonds. The van der Waals surface area contributed by atoms with E-state index in [1.807, 2.05) is 48.5 Å². The Labute approximate surface area is 341 Å². The molecule has 10 heteroatoms. The summed E-state index contributed by atoms with van der Waals surface area (Å²) in [6, 6.07) is 48.3. The van der Waals surface area contributed by atoms with Crippen molar-refractivity contribution < 1.29 is 78.7 Å². The molecule has 47 heavy (non-hydrogen) atoms. The zero-order chi connectivity index (χ0) is 31.5. The molecule has 5 aromatic carbocycles. The monoisotopic (exact) mass is 784 g/mol. The van der Waals surface area contributed by atoms with Gasteiger partial charge in [-0.15, -0.1) is 17.7 Å². The number of nitrogens with zero attached hydrogens (tertiary/aromatic N) is 4. The molecule has 0 saturated carbocycles. The topological polar surface area (TPSA) is 93.3 Å². The van der Waals surface area contributed by atoms with E-state index in [2.05, 4.69) is 105 Å². The summed E-state index contributed by atoms with van der Waals surface area (Å²) >= 11 is 2.86. The molecule has 6 nitrogen and oxygen atoms in total. The third-order valence-electron chi connectivity index (χ3n) is 7.50. The van der Waals surface area contributed by atoms with Gasteiger partial charge in [-0.3, -0.25) is 0 Å². The van der Waals surface area contributed by atoms with E-state index in [0.717, 1.165) is 60.1 Å². The quantitative estimate of drug-likeness (QED) is 0.0964. The number of hydrogen-bond donors (Lipinski definition) is 2. The summed E-state index contributed by atoms with van der Waals surface area (Å²) in [4.78, 5) is 23.2. The smallest absolute Gasteiger partial charge is 0.346 e. The second kappa shape index (κ2) is 15.5. The molecule has 0 spiro atoms. The molecule has 222 valence electrons. The average Bonchev–Trinajstić information content (AvgIpc) is 3.80. The van der Waals surface area contributed by atoms with E-state index in [1.165, 1.54) is 17.8 Å². The van der Waals surface area contributed by atoms with Crippen LogP contribution in [0.15, 0.2) is 133 Å². The number of hydrogen-bond acceptors (Lipinski definition) is 8. The molecule has 0 atom stereocenters. The van der Waals surface area contributed by atoms with Crippen LogP contribution >= 0.6 is 31.4 Å². The Balaban J connectivity index is 0.00000386. The van der Waals surface area contributed by atoms with Crippen molar-refractivity contribution in [3.8, 4) is 38.1 Å². The molecular formula is C37H24CsN4O2PS2. The number of nitriles is 1. The summed E-state index contributed by atoms with van der Waals surface area (Å²) in [5.41, 5.74) is 9.64. The molecule has 2 heterocycles. The van der Waals surface area contributed by atoms with Gasteiger partial charge in [-0.2, -0.15) is 26.1 Å². The van der Waals surface area contributed by atoms with Gasteiger partial charge in [0.05, 0.1) is 11.7 Å². The normalized spacial score (nSPS) is 11.3. The maximum atomic E-state index is 9.41. The van der Waals surface area contributed by atoms with E-state index in [-0.39, 0.29) is 74.2 Å². The van der Waals surface area contributed by atoms with Gasteiger partial charge in [0, 0.05) is 22.6 Å². The van der Waals surface area contributed by atoms with Crippen LogP contribution in [0.1, 0.15) is 5.56 Å². The molecule has 0 fully saturated rings. The summed E-state index contributed by atoms with van der Waals surface area (Å²) in [7, 11) is -2.44. The van der Waals surface area contributed by atoms with Gasteiger partial charge < -0.3 is 14.7 Å². The number of anilines is 3. The third kappa shape index (κ3) is 7.39. The Morgan fingerprint density at radius 1 is 0.723 bits per heavy atom. The first-order chi connectivity index (χ1) is 22.6. The summed E-state index contributed by atoms with van der Waals surface area (Å²) in [5.74, 6) is 0. The number of para-hydroxylation sites is 2. The maximum absolute atomic E-state index is 9.41. The molecule has 0 aliphatic heterocycles. The molecule has 0 unspecified atom stereocenters. The number of rotatable bonds is 8. The Morgan fingerprint density at radius 2 is 1.28 bits per heavy atom. The molecular weight excluding hydrogens is 760 g/mol. The summed E-state index contributed by atoms with van der Waals surface area (Å²) in [6.07, 6.45) is 1.49. The second-order valence-electron chi connectivity index (χ2n) is 10.3. The van der Waals surface area contributed by atoms with Crippen molar-refractivity contribution in [3.05, 3.63) is 144 Å². The Kier molecular flexibility index (Phi) is 11.2. The van der Waals surface area contributed by atoms with Gasteiger partial charge in [0.1, 0.15) is 22.4 Å². The average molecular weight is 785 g/mol. The van der Waals surface area contributed by atoms with Crippen molar-refractivity contribution in [1.29, 1.82) is 5.26 Å². The first-order valence-corrected chi connectivity index (χ1v) is 17.1. The fourth-order valence-electron chi connectivity index (χ4n) is 5.29. The molecule has 2 aromatic heterocycles. The number of fused-ring (bicyclic) bond motifs is 1. The van der Waals surface area contributed by atoms with Crippen LogP contribution in [-0.4, -0.2) is 18.5 Å². The number of aromatic nitrogens is 2. The van der Waals surface area contributed by atoms with E-state index in [0.29, 0.717) is 5.56 Å². The zero-order valence-electron chi connectivity index (χ0n) is 25.1. The fraction of sp³-hybridized carbons (Fsp3) is 0. The molecule has 0 aliphatic carbocycles. The van der Waals surface area contributed by atoms with Gasteiger partial charge in [-0.05, 0) is 59.2 Å². The summed E-state index contributed by atoms with van der Waals surface area (Å²) < 4.78 is 9.29. The zero-order valence-corrected chi connectivity index (χ0v) is 34.0. The van der Waals surface area contributed by atoms with Crippen molar-refractivity contribution in [3.63, 3.8) is 0 Å². The predicted molar refractivity (Wildman–Crippen MR) is 190 cm³/mol. The van der Waals surface area contributed by atoms with E-state index in [9.17, 15) is 9.79 Å². The largest absolute Gasteiger partial charge is 1.00 e. The van der Waals surface area contributed by atoms with Crippen LogP contribution in [0.3, 0.4) is 0 Å². The van der Waals surface area contributed by atoms with Crippen LogP contribution in [-0.2, 0) is 0 Å². The van der Waals surface area contributed by atoms with E-state index in [4.69, 9.17) is 5.26 Å². The minimum atomic E-state index is -2.44. The Bertz CT molecular complexity index is 2160. The number of thiophene rings is 1. The van der Waals surface area contributed by atoms with Crippen molar-refractivity contribution in [1.82, 2.24) is 8.75 Å². The van der Waals surface area contributed by atoms with Crippen LogP contribution in [0.5, 0.6) is 0 Å². The SMILES string of the molecule is N#C/C(=C/c1ccc(-c2ccc(-c3c[c-]c(-c4ccc(N(c5ccccc5)c5ccccc5)cc4)s3)c3nsnc23)cc1)P(O)O.[Cs+]. The summed E-state index contributed by atoms with van der Waals surface area (Å²) in [5, 5.41) is 9.09. The number of allylic oxidation sites excluding steroid dienone is 1. The van der Waals surface area contributed by atoms with Crippen LogP contribution in [0.2, 0.25) is 0 Å². The first-order valence-electron chi connectivity index (χ1n) is 14.3. The minimum absolute atomic E-state index is 0. The minimum Gasteiger partial charge on any atom is -0.346 e. The third-order valence-corrected chi connectivity index (χ3v) is 9.80. The molecule has 7 rings (SSSR count). The molecule has 0 aliphatic rings. The summed E-state index contributed by atoms with van der Waals surface area (Å²) in [6.45, 7) is 0. The first kappa shape index (κ1) is 33.9. The maximum Gasteiger partial charge on any atom is 1.00 e. The second-order valence-corrected chi connectivity index (χ2v) is 13.0. The standard InChI is InChI=1S/C37H24N4O2PS2.Cs/c38-24-31(44(42)43)23-25-11-13-26(14-12-25)32-19-20-33(37-36(32)39-46-40-37)35-22-21-34(45-35)27-15-17-30(18-16-27)41(28-7-3-1-4-8-28)29-9-5-2-6-10-29;/h1-20,22-23,42-43H;/q-1;+1/b31-23-;.